The lowest BCUT2D eigenvalue weighted by molar-refractivity contribution is 0.336. The molecule has 150 valence electrons. The van der Waals surface area contributed by atoms with E-state index in [1.54, 1.807) is 29.2 Å². The Morgan fingerprint density at radius 1 is 0.900 bits per heavy atom. The molecule has 0 radical (unpaired) electrons. The lowest BCUT2D eigenvalue weighted by atomic mass is 9.96. The van der Waals surface area contributed by atoms with E-state index in [2.05, 4.69) is 44.2 Å². The Labute approximate surface area is 174 Å². The zero-order valence-corrected chi connectivity index (χ0v) is 16.7. The van der Waals surface area contributed by atoms with Crippen molar-refractivity contribution in [3.8, 4) is 11.3 Å². The minimum absolute atomic E-state index is 0.0460. The maximum atomic E-state index is 12.4. The van der Waals surface area contributed by atoms with Gasteiger partial charge in [0.2, 0.25) is 0 Å². The maximum absolute atomic E-state index is 12.4. The number of benzene rings is 1. The predicted molar refractivity (Wildman–Crippen MR) is 118 cm³/mol. The van der Waals surface area contributed by atoms with E-state index in [9.17, 15) is 4.79 Å². The van der Waals surface area contributed by atoms with Crippen LogP contribution in [0.1, 0.15) is 12.8 Å². The van der Waals surface area contributed by atoms with Crippen LogP contribution in [0.3, 0.4) is 0 Å². The fourth-order valence-corrected chi connectivity index (χ4v) is 4.21. The van der Waals surface area contributed by atoms with E-state index in [-0.39, 0.29) is 5.56 Å². The van der Waals surface area contributed by atoms with E-state index in [1.165, 1.54) is 11.1 Å². The van der Waals surface area contributed by atoms with Gasteiger partial charge in [0.25, 0.3) is 5.56 Å². The molecule has 4 aromatic rings. The lowest BCUT2D eigenvalue weighted by Gasteiger charge is -2.34. The molecular weight excluding hydrogens is 374 g/mol. The second kappa shape index (κ2) is 8.06. The van der Waals surface area contributed by atoms with E-state index < -0.39 is 0 Å². The summed E-state index contributed by atoms with van der Waals surface area (Å²) in [5.74, 6) is 0.437. The van der Waals surface area contributed by atoms with Crippen LogP contribution in [0.2, 0.25) is 0 Å². The maximum Gasteiger partial charge on any atom is 0.266 e. The van der Waals surface area contributed by atoms with Crippen molar-refractivity contribution in [1.29, 1.82) is 0 Å². The summed E-state index contributed by atoms with van der Waals surface area (Å²) in [7, 11) is 0. The van der Waals surface area contributed by atoms with Gasteiger partial charge in [-0.25, -0.2) is 4.68 Å². The van der Waals surface area contributed by atoms with E-state index in [0.717, 1.165) is 42.7 Å². The minimum atomic E-state index is -0.0460. The number of pyridine rings is 2. The summed E-state index contributed by atoms with van der Waals surface area (Å²) in [5, 5.41) is 5.80. The number of aromatic nitrogens is 4. The molecule has 1 saturated heterocycles. The molecular formula is C24H23N5O. The van der Waals surface area contributed by atoms with Crippen molar-refractivity contribution < 1.29 is 0 Å². The molecule has 1 aromatic carbocycles. The topological polar surface area (TPSA) is 63.9 Å². The average molecular weight is 397 g/mol. The lowest BCUT2D eigenvalue weighted by Crippen LogP contribution is -2.37. The third-order valence-corrected chi connectivity index (χ3v) is 5.86. The summed E-state index contributed by atoms with van der Waals surface area (Å²) < 4.78 is 1.62. The molecule has 0 bridgehead atoms. The summed E-state index contributed by atoms with van der Waals surface area (Å²) in [6.07, 6.45) is 7.43. The SMILES string of the molecule is O=c1ccc(-c2ccncc2)nn1CC1CCN(c2ccnc3ccccc23)CC1. The number of hydrogen-bond acceptors (Lipinski definition) is 5. The Hall–Kier alpha value is -3.54. The van der Waals surface area contributed by atoms with Crippen molar-refractivity contribution in [2.75, 3.05) is 18.0 Å². The van der Waals surface area contributed by atoms with Crippen LogP contribution in [0, 0.1) is 5.92 Å². The number of piperidine rings is 1. The quantitative estimate of drug-likeness (QED) is 0.525. The first-order valence-corrected chi connectivity index (χ1v) is 10.4. The molecule has 0 unspecified atom stereocenters. The monoisotopic (exact) mass is 397 g/mol. The summed E-state index contributed by atoms with van der Waals surface area (Å²) >= 11 is 0. The summed E-state index contributed by atoms with van der Waals surface area (Å²) in [6.45, 7) is 2.59. The van der Waals surface area contributed by atoms with E-state index >= 15 is 0 Å². The van der Waals surface area contributed by atoms with E-state index in [4.69, 9.17) is 0 Å². The molecule has 30 heavy (non-hydrogen) atoms. The molecule has 1 aliphatic rings. The second-order valence-electron chi connectivity index (χ2n) is 7.75. The normalized spacial score (nSPS) is 14.9. The molecule has 4 heterocycles. The smallest absolute Gasteiger partial charge is 0.266 e. The first-order chi connectivity index (χ1) is 14.8. The zero-order chi connectivity index (χ0) is 20.3. The molecule has 6 heteroatoms. The highest BCUT2D eigenvalue weighted by atomic mass is 16.1. The van der Waals surface area contributed by atoms with Crippen LogP contribution in [0.25, 0.3) is 22.2 Å². The van der Waals surface area contributed by atoms with Crippen molar-refractivity contribution in [1.82, 2.24) is 19.7 Å². The Balaban J connectivity index is 1.30. The molecule has 3 aromatic heterocycles. The standard InChI is InChI=1S/C24H23N5O/c30-24-6-5-21(19-7-12-25-13-8-19)27-29(24)17-18-10-15-28(16-11-18)23-9-14-26-22-4-2-1-3-20(22)23/h1-9,12-14,18H,10-11,15-17H2. The fourth-order valence-electron chi connectivity index (χ4n) is 4.21. The Morgan fingerprint density at radius 3 is 2.53 bits per heavy atom. The number of anilines is 1. The summed E-state index contributed by atoms with van der Waals surface area (Å²) in [5.41, 5.74) is 4.00. The molecule has 5 rings (SSSR count). The Morgan fingerprint density at radius 2 is 1.70 bits per heavy atom. The van der Waals surface area contributed by atoms with Gasteiger partial charge in [-0.3, -0.25) is 14.8 Å². The zero-order valence-electron chi connectivity index (χ0n) is 16.7. The van der Waals surface area contributed by atoms with Crippen LogP contribution in [0.4, 0.5) is 5.69 Å². The van der Waals surface area contributed by atoms with Gasteiger partial charge < -0.3 is 4.90 Å². The van der Waals surface area contributed by atoms with Crippen LogP contribution in [0.15, 0.2) is 78.0 Å². The highest BCUT2D eigenvalue weighted by Crippen LogP contribution is 2.29. The van der Waals surface area contributed by atoms with Gasteiger partial charge in [-0.2, -0.15) is 5.10 Å². The number of fused-ring (bicyclic) bond motifs is 1. The van der Waals surface area contributed by atoms with Crippen LogP contribution >= 0.6 is 0 Å². The first kappa shape index (κ1) is 18.5. The van der Waals surface area contributed by atoms with Gasteiger partial charge in [0.05, 0.1) is 11.2 Å². The fraction of sp³-hybridized carbons (Fsp3) is 0.250. The molecule has 1 fully saturated rings. The van der Waals surface area contributed by atoms with Crippen molar-refractivity contribution in [3.05, 3.63) is 83.5 Å². The number of rotatable bonds is 4. The van der Waals surface area contributed by atoms with Gasteiger partial charge in [0, 0.05) is 60.9 Å². The van der Waals surface area contributed by atoms with Crippen molar-refractivity contribution in [3.63, 3.8) is 0 Å². The molecule has 0 aliphatic carbocycles. The van der Waals surface area contributed by atoms with Crippen LogP contribution < -0.4 is 10.5 Å². The first-order valence-electron chi connectivity index (χ1n) is 10.4. The predicted octanol–water partition coefficient (Wildman–Crippen LogP) is 3.77. The molecule has 0 spiro atoms. The molecule has 0 N–H and O–H groups in total. The van der Waals surface area contributed by atoms with Crippen molar-refractivity contribution in [2.45, 2.75) is 19.4 Å². The van der Waals surface area contributed by atoms with E-state index in [1.807, 2.05) is 24.4 Å². The summed E-state index contributed by atoms with van der Waals surface area (Å²) in [6, 6.07) is 17.6. The highest BCUT2D eigenvalue weighted by molar-refractivity contribution is 5.91. The van der Waals surface area contributed by atoms with Gasteiger partial charge in [-0.05, 0) is 49.1 Å². The molecule has 0 saturated carbocycles. The van der Waals surface area contributed by atoms with Crippen molar-refractivity contribution in [2.24, 2.45) is 5.92 Å². The van der Waals surface area contributed by atoms with Crippen LogP contribution in [-0.4, -0.2) is 32.8 Å². The number of hydrogen-bond donors (Lipinski definition) is 0. The number of para-hydroxylation sites is 1. The third-order valence-electron chi connectivity index (χ3n) is 5.86. The Kier molecular flexibility index (Phi) is 4.97. The van der Waals surface area contributed by atoms with Crippen LogP contribution in [0.5, 0.6) is 0 Å². The van der Waals surface area contributed by atoms with Gasteiger partial charge in [0.15, 0.2) is 0 Å². The molecule has 0 amide bonds. The number of nitrogens with zero attached hydrogens (tertiary/aromatic N) is 5. The highest BCUT2D eigenvalue weighted by Gasteiger charge is 2.22. The minimum Gasteiger partial charge on any atom is -0.371 e. The Bertz CT molecular complexity index is 1210. The average Bonchev–Trinajstić information content (AvgIpc) is 2.81. The molecule has 1 aliphatic heterocycles. The van der Waals surface area contributed by atoms with Gasteiger partial charge >= 0.3 is 0 Å². The molecule has 6 nitrogen and oxygen atoms in total. The second-order valence-corrected chi connectivity index (χ2v) is 7.75. The summed E-state index contributed by atoms with van der Waals surface area (Å²) in [4.78, 5) is 23.3. The van der Waals surface area contributed by atoms with Gasteiger partial charge in [0.1, 0.15) is 0 Å². The third kappa shape index (κ3) is 3.68. The van der Waals surface area contributed by atoms with Crippen LogP contribution in [-0.2, 0) is 6.54 Å². The largest absolute Gasteiger partial charge is 0.371 e. The van der Waals surface area contributed by atoms with Gasteiger partial charge in [-0.15, -0.1) is 0 Å². The van der Waals surface area contributed by atoms with E-state index in [0.29, 0.717) is 12.5 Å². The van der Waals surface area contributed by atoms with Crippen molar-refractivity contribution >= 4 is 16.6 Å². The van der Waals surface area contributed by atoms with Gasteiger partial charge in [-0.1, -0.05) is 18.2 Å². The molecule has 0 atom stereocenters.